The van der Waals surface area contributed by atoms with E-state index in [1.54, 1.807) is 36.4 Å². The second-order valence-electron chi connectivity index (χ2n) is 3.56. The molecule has 2 aromatic carbocycles. The van der Waals surface area contributed by atoms with E-state index in [1.807, 2.05) is 0 Å². The van der Waals surface area contributed by atoms with Crippen molar-refractivity contribution < 1.29 is 9.84 Å². The lowest BCUT2D eigenvalue weighted by atomic mass is 10.2. The zero-order chi connectivity index (χ0) is 13.1. The van der Waals surface area contributed by atoms with Crippen LogP contribution in [0.4, 0.5) is 0 Å². The maximum absolute atomic E-state index is 9.25. The summed E-state index contributed by atoms with van der Waals surface area (Å²) < 4.78 is 5.63. The molecule has 94 valence electrons. The monoisotopic (exact) mass is 302 g/mol. The Labute approximate surface area is 120 Å². The molecule has 1 N–H and O–H groups in total. The van der Waals surface area contributed by atoms with Gasteiger partial charge in [-0.15, -0.1) is 0 Å². The summed E-state index contributed by atoms with van der Waals surface area (Å²) in [7, 11) is 0. The van der Waals surface area contributed by atoms with Gasteiger partial charge in [-0.05, 0) is 30.3 Å². The van der Waals surface area contributed by atoms with Crippen LogP contribution < -0.4 is 4.74 Å². The van der Waals surface area contributed by atoms with Crippen molar-refractivity contribution in [2.75, 3.05) is 0 Å². The highest BCUT2D eigenvalue weighted by molar-refractivity contribution is 6.42. The van der Waals surface area contributed by atoms with Gasteiger partial charge < -0.3 is 9.84 Å². The molecule has 5 heteroatoms. The largest absolute Gasteiger partial charge is 0.455 e. The van der Waals surface area contributed by atoms with E-state index < -0.39 is 0 Å². The van der Waals surface area contributed by atoms with Crippen molar-refractivity contribution in [3.8, 4) is 11.5 Å². The highest BCUT2D eigenvalue weighted by Gasteiger charge is 2.09. The van der Waals surface area contributed by atoms with Gasteiger partial charge in [0.05, 0.1) is 11.6 Å². The number of rotatable bonds is 3. The fourth-order valence-corrected chi connectivity index (χ4v) is 1.98. The first kappa shape index (κ1) is 13.5. The van der Waals surface area contributed by atoms with Crippen LogP contribution in [0.2, 0.25) is 15.1 Å². The Bertz CT molecular complexity index is 570. The number of hydrogen-bond donors (Lipinski definition) is 1. The molecule has 2 aromatic rings. The van der Waals surface area contributed by atoms with Gasteiger partial charge in [0.2, 0.25) is 0 Å². The highest BCUT2D eigenvalue weighted by Crippen LogP contribution is 2.36. The predicted octanol–water partition coefficient (Wildman–Crippen LogP) is 4.93. The second-order valence-corrected chi connectivity index (χ2v) is 4.79. The molecule has 0 bridgehead atoms. The molecular formula is C13H9Cl3O2. The standard InChI is InChI=1S/C13H9Cl3O2/c14-9-4-5-11(8(6-9)7-17)18-12-3-1-2-10(15)13(12)16/h1-6,17H,7H2. The lowest BCUT2D eigenvalue weighted by Crippen LogP contribution is -1.92. The molecule has 0 radical (unpaired) electrons. The van der Waals surface area contributed by atoms with E-state index >= 15 is 0 Å². The van der Waals surface area contributed by atoms with E-state index in [1.165, 1.54) is 0 Å². The molecule has 0 aliphatic carbocycles. The molecule has 0 saturated heterocycles. The maximum atomic E-state index is 9.25. The first-order chi connectivity index (χ1) is 8.61. The van der Waals surface area contributed by atoms with Crippen LogP contribution in [0.1, 0.15) is 5.56 Å². The molecule has 2 nitrogen and oxygen atoms in total. The Kier molecular flexibility index (Phi) is 4.36. The van der Waals surface area contributed by atoms with Crippen LogP contribution in [0.25, 0.3) is 0 Å². The third kappa shape index (κ3) is 2.90. The van der Waals surface area contributed by atoms with Crippen LogP contribution in [0.5, 0.6) is 11.5 Å². The average molecular weight is 304 g/mol. The predicted molar refractivity (Wildman–Crippen MR) is 73.9 cm³/mol. The molecule has 0 aliphatic rings. The van der Waals surface area contributed by atoms with Gasteiger partial charge in [-0.3, -0.25) is 0 Å². The van der Waals surface area contributed by atoms with Crippen molar-refractivity contribution >= 4 is 34.8 Å². The summed E-state index contributed by atoms with van der Waals surface area (Å²) in [5.41, 5.74) is 0.582. The Balaban J connectivity index is 2.37. The van der Waals surface area contributed by atoms with Gasteiger partial charge in [-0.25, -0.2) is 0 Å². The number of halogens is 3. The third-order valence-corrected chi connectivity index (χ3v) is 3.37. The third-order valence-electron chi connectivity index (χ3n) is 2.33. The van der Waals surface area contributed by atoms with E-state index in [9.17, 15) is 5.11 Å². The van der Waals surface area contributed by atoms with Gasteiger partial charge in [-0.2, -0.15) is 0 Å². The summed E-state index contributed by atoms with van der Waals surface area (Å²) in [5.74, 6) is 0.923. The number of benzene rings is 2. The van der Waals surface area contributed by atoms with E-state index in [2.05, 4.69) is 0 Å². The summed E-state index contributed by atoms with van der Waals surface area (Å²) in [6, 6.07) is 10.1. The quantitative estimate of drug-likeness (QED) is 0.871. The molecule has 0 unspecified atom stereocenters. The molecule has 0 fully saturated rings. The average Bonchev–Trinajstić information content (AvgIpc) is 2.37. The van der Waals surface area contributed by atoms with Crippen LogP contribution >= 0.6 is 34.8 Å². The lowest BCUT2D eigenvalue weighted by molar-refractivity contribution is 0.276. The smallest absolute Gasteiger partial charge is 0.147 e. The maximum Gasteiger partial charge on any atom is 0.147 e. The minimum Gasteiger partial charge on any atom is -0.455 e. The molecule has 0 atom stereocenters. The summed E-state index contributed by atoms with van der Waals surface area (Å²) in [6.45, 7) is -0.173. The summed E-state index contributed by atoms with van der Waals surface area (Å²) in [5, 5.41) is 10.5. The van der Waals surface area contributed by atoms with Crippen molar-refractivity contribution in [2.45, 2.75) is 6.61 Å². The van der Waals surface area contributed by atoms with Crippen molar-refractivity contribution in [3.05, 3.63) is 57.0 Å². The first-order valence-corrected chi connectivity index (χ1v) is 6.26. The fourth-order valence-electron chi connectivity index (χ4n) is 1.45. The molecule has 0 heterocycles. The Morgan fingerprint density at radius 1 is 1.00 bits per heavy atom. The molecule has 0 aromatic heterocycles. The van der Waals surface area contributed by atoms with Gasteiger partial charge in [0.1, 0.15) is 16.5 Å². The molecule has 2 rings (SSSR count). The topological polar surface area (TPSA) is 29.5 Å². The SMILES string of the molecule is OCc1cc(Cl)ccc1Oc1cccc(Cl)c1Cl. The summed E-state index contributed by atoms with van der Waals surface area (Å²) in [6.07, 6.45) is 0. The van der Waals surface area contributed by atoms with E-state index in [4.69, 9.17) is 39.5 Å². The molecule has 0 amide bonds. The second kappa shape index (κ2) is 5.81. The van der Waals surface area contributed by atoms with E-state index in [0.717, 1.165) is 0 Å². The van der Waals surface area contributed by atoms with Crippen molar-refractivity contribution in [1.82, 2.24) is 0 Å². The Morgan fingerprint density at radius 3 is 2.50 bits per heavy atom. The molecule has 18 heavy (non-hydrogen) atoms. The lowest BCUT2D eigenvalue weighted by Gasteiger charge is -2.11. The van der Waals surface area contributed by atoms with Gasteiger partial charge in [0, 0.05) is 10.6 Å². The number of aliphatic hydroxyl groups is 1. The van der Waals surface area contributed by atoms with Crippen molar-refractivity contribution in [1.29, 1.82) is 0 Å². The molecular weight excluding hydrogens is 294 g/mol. The van der Waals surface area contributed by atoms with Crippen LogP contribution in [-0.4, -0.2) is 5.11 Å². The van der Waals surface area contributed by atoms with Crippen LogP contribution in [0.3, 0.4) is 0 Å². The normalized spacial score (nSPS) is 10.4. The van der Waals surface area contributed by atoms with Gasteiger partial charge in [0.25, 0.3) is 0 Å². The molecule has 0 saturated carbocycles. The Morgan fingerprint density at radius 2 is 1.78 bits per heavy atom. The van der Waals surface area contributed by atoms with Crippen LogP contribution in [0, 0.1) is 0 Å². The minimum absolute atomic E-state index is 0.173. The van der Waals surface area contributed by atoms with Crippen LogP contribution in [0.15, 0.2) is 36.4 Å². The van der Waals surface area contributed by atoms with Gasteiger partial charge in [-0.1, -0.05) is 40.9 Å². The minimum atomic E-state index is -0.173. The first-order valence-electron chi connectivity index (χ1n) is 5.13. The number of hydrogen-bond acceptors (Lipinski definition) is 2. The molecule has 0 spiro atoms. The molecule has 0 aliphatic heterocycles. The van der Waals surface area contributed by atoms with Crippen molar-refractivity contribution in [3.63, 3.8) is 0 Å². The zero-order valence-corrected chi connectivity index (χ0v) is 11.4. The van der Waals surface area contributed by atoms with Gasteiger partial charge >= 0.3 is 0 Å². The number of ether oxygens (including phenoxy) is 1. The zero-order valence-electron chi connectivity index (χ0n) is 9.16. The van der Waals surface area contributed by atoms with E-state index in [-0.39, 0.29) is 6.61 Å². The van der Waals surface area contributed by atoms with Crippen LogP contribution in [-0.2, 0) is 6.61 Å². The highest BCUT2D eigenvalue weighted by atomic mass is 35.5. The Hall–Kier alpha value is -0.930. The van der Waals surface area contributed by atoms with E-state index in [0.29, 0.717) is 32.1 Å². The van der Waals surface area contributed by atoms with Crippen molar-refractivity contribution in [2.24, 2.45) is 0 Å². The number of aliphatic hydroxyl groups excluding tert-OH is 1. The fraction of sp³-hybridized carbons (Fsp3) is 0.0769. The summed E-state index contributed by atoms with van der Waals surface area (Å²) >= 11 is 17.8. The van der Waals surface area contributed by atoms with Gasteiger partial charge in [0.15, 0.2) is 0 Å². The summed E-state index contributed by atoms with van der Waals surface area (Å²) in [4.78, 5) is 0.